The molecule has 0 aromatic rings. The Morgan fingerprint density at radius 2 is 1.81 bits per heavy atom. The van der Waals surface area contributed by atoms with Crippen molar-refractivity contribution in [3.05, 3.63) is 12.2 Å². The first kappa shape index (κ1) is 23.4. The third-order valence-corrected chi connectivity index (χ3v) is 10.7. The molecule has 2 heteroatoms. The monoisotopic (exact) mass is 428 g/mol. The molecule has 0 heterocycles. The first-order chi connectivity index (χ1) is 14.6. The minimum atomic E-state index is -0.139. The van der Waals surface area contributed by atoms with Crippen molar-refractivity contribution in [3.8, 4) is 0 Å². The number of hydrogen-bond donors (Lipinski definition) is 0. The van der Waals surface area contributed by atoms with E-state index in [1.165, 1.54) is 57.8 Å². The number of carbonyl (C=O) groups excluding carboxylic acids is 1. The average Bonchev–Trinajstić information content (AvgIpc) is 3.05. The van der Waals surface area contributed by atoms with Crippen molar-refractivity contribution in [2.75, 3.05) is 0 Å². The Hall–Kier alpha value is -0.790. The third-order valence-electron chi connectivity index (χ3n) is 10.7. The van der Waals surface area contributed by atoms with Gasteiger partial charge in [-0.3, -0.25) is 4.79 Å². The van der Waals surface area contributed by atoms with E-state index in [0.717, 1.165) is 41.9 Å². The van der Waals surface area contributed by atoms with Crippen LogP contribution in [0.25, 0.3) is 0 Å². The minimum absolute atomic E-state index is 0.00327. The Morgan fingerprint density at radius 3 is 2.52 bits per heavy atom. The van der Waals surface area contributed by atoms with Gasteiger partial charge in [-0.1, -0.05) is 60.0 Å². The number of hydrogen-bond acceptors (Lipinski definition) is 2. The predicted molar refractivity (Wildman–Crippen MR) is 129 cm³/mol. The molecule has 0 bridgehead atoms. The maximum atomic E-state index is 11.5. The Labute approximate surface area is 192 Å². The van der Waals surface area contributed by atoms with E-state index < -0.39 is 0 Å². The fraction of sp³-hybridized carbons (Fsp3) is 0.897. The van der Waals surface area contributed by atoms with Crippen LogP contribution in [0, 0.1) is 52.3 Å². The first-order valence-electron chi connectivity index (χ1n) is 13.5. The van der Waals surface area contributed by atoms with Crippen LogP contribution in [0.4, 0.5) is 0 Å². The topological polar surface area (TPSA) is 26.3 Å². The molecule has 0 amide bonds. The zero-order chi connectivity index (χ0) is 22.4. The van der Waals surface area contributed by atoms with Crippen molar-refractivity contribution < 1.29 is 9.53 Å². The Balaban J connectivity index is 1.46. The quantitative estimate of drug-likeness (QED) is 0.318. The smallest absolute Gasteiger partial charge is 0.303 e. The highest BCUT2D eigenvalue weighted by Gasteiger charge is 2.60. The highest BCUT2D eigenvalue weighted by Crippen LogP contribution is 2.67. The van der Waals surface area contributed by atoms with E-state index in [4.69, 9.17) is 4.74 Å². The van der Waals surface area contributed by atoms with E-state index in [1.54, 1.807) is 6.92 Å². The van der Waals surface area contributed by atoms with Crippen LogP contribution in [0.15, 0.2) is 12.2 Å². The normalized spacial score (nSPS) is 45.0. The average molecular weight is 429 g/mol. The fourth-order valence-electron chi connectivity index (χ4n) is 9.10. The highest BCUT2D eigenvalue weighted by molar-refractivity contribution is 5.66. The first-order valence-corrected chi connectivity index (χ1v) is 13.5. The van der Waals surface area contributed by atoms with Crippen LogP contribution in [0.3, 0.4) is 0 Å². The second kappa shape index (κ2) is 8.86. The lowest BCUT2D eigenvalue weighted by Gasteiger charge is -2.59. The van der Waals surface area contributed by atoms with Crippen LogP contribution in [-0.4, -0.2) is 12.1 Å². The molecule has 9 atom stereocenters. The van der Waals surface area contributed by atoms with Crippen LogP contribution >= 0.6 is 0 Å². The van der Waals surface area contributed by atoms with Gasteiger partial charge in [0.05, 0.1) is 0 Å². The molecular weight excluding hydrogens is 380 g/mol. The van der Waals surface area contributed by atoms with E-state index in [-0.39, 0.29) is 12.1 Å². The Bertz CT molecular complexity index is 680. The van der Waals surface area contributed by atoms with Gasteiger partial charge in [0.25, 0.3) is 0 Å². The van der Waals surface area contributed by atoms with Crippen molar-refractivity contribution in [1.29, 1.82) is 0 Å². The van der Waals surface area contributed by atoms with Crippen molar-refractivity contribution >= 4 is 5.97 Å². The molecule has 0 N–H and O–H groups in total. The van der Waals surface area contributed by atoms with Crippen LogP contribution in [-0.2, 0) is 9.53 Å². The maximum Gasteiger partial charge on any atom is 0.303 e. The Kier molecular flexibility index (Phi) is 6.68. The number of allylic oxidation sites excluding steroid dienone is 1. The second-order valence-electron chi connectivity index (χ2n) is 12.8. The standard InChI is InChI=1S/C29H48O2/c1-19(2)8-7-9-20(3)25-12-13-26-24-11-10-22-18-23(31-21(4)30)14-16-28(22,5)27(24)15-17-29(25,26)6/h14,16,19-20,22-27H,7-13,15,17-18H2,1-6H3/t20-,22+,23-,24+,25-,26+,27+,28+,29-/m1/s1. The third kappa shape index (κ3) is 4.26. The van der Waals surface area contributed by atoms with Gasteiger partial charge < -0.3 is 4.74 Å². The Morgan fingerprint density at radius 1 is 1.03 bits per heavy atom. The molecule has 176 valence electrons. The summed E-state index contributed by atoms with van der Waals surface area (Å²) < 4.78 is 5.57. The molecule has 4 aliphatic rings. The molecule has 0 aromatic heterocycles. The van der Waals surface area contributed by atoms with Crippen LogP contribution < -0.4 is 0 Å². The number of carbonyl (C=O) groups is 1. The van der Waals surface area contributed by atoms with Crippen LogP contribution in [0.5, 0.6) is 0 Å². The van der Waals surface area contributed by atoms with Gasteiger partial charge in [-0.25, -0.2) is 0 Å². The van der Waals surface area contributed by atoms with Crippen molar-refractivity contribution in [2.45, 2.75) is 112 Å². The van der Waals surface area contributed by atoms with E-state index in [9.17, 15) is 4.79 Å². The van der Waals surface area contributed by atoms with E-state index in [0.29, 0.717) is 16.7 Å². The summed E-state index contributed by atoms with van der Waals surface area (Å²) in [6.07, 6.45) is 18.5. The number of fused-ring (bicyclic) bond motifs is 5. The van der Waals surface area contributed by atoms with Crippen LogP contribution in [0.1, 0.15) is 106 Å². The largest absolute Gasteiger partial charge is 0.458 e. The van der Waals surface area contributed by atoms with Gasteiger partial charge >= 0.3 is 5.97 Å². The lowest BCUT2D eigenvalue weighted by molar-refractivity contribution is -0.147. The molecule has 0 spiro atoms. The molecule has 0 aromatic carbocycles. The molecule has 31 heavy (non-hydrogen) atoms. The van der Waals surface area contributed by atoms with Gasteiger partial charge in [0.2, 0.25) is 0 Å². The van der Waals surface area contributed by atoms with Crippen molar-refractivity contribution in [3.63, 3.8) is 0 Å². The zero-order valence-electron chi connectivity index (χ0n) is 21.2. The highest BCUT2D eigenvalue weighted by atomic mass is 16.5. The van der Waals surface area contributed by atoms with Gasteiger partial charge in [-0.15, -0.1) is 0 Å². The fourth-order valence-corrected chi connectivity index (χ4v) is 9.10. The van der Waals surface area contributed by atoms with Gasteiger partial charge in [-0.05, 0) is 103 Å². The minimum Gasteiger partial charge on any atom is -0.458 e. The van der Waals surface area contributed by atoms with Crippen molar-refractivity contribution in [2.24, 2.45) is 52.3 Å². The van der Waals surface area contributed by atoms with Gasteiger partial charge in [0.1, 0.15) is 6.10 Å². The summed E-state index contributed by atoms with van der Waals surface area (Å²) >= 11 is 0. The van der Waals surface area contributed by atoms with E-state index in [1.807, 2.05) is 0 Å². The molecule has 2 nitrogen and oxygen atoms in total. The summed E-state index contributed by atoms with van der Waals surface area (Å²) in [4.78, 5) is 11.5. The summed E-state index contributed by atoms with van der Waals surface area (Å²) in [5, 5.41) is 0. The van der Waals surface area contributed by atoms with E-state index >= 15 is 0 Å². The number of esters is 1. The summed E-state index contributed by atoms with van der Waals surface area (Å²) in [5.74, 6) is 5.87. The SMILES string of the molecule is CC(=O)O[C@@H]1C=C[C@@]2(C)[C@@H](CC[C@@H]3[C@@H]2CC[C@]2(C)[C@@H]([C@H](C)CCCC(C)C)CC[C@@H]32)C1. The van der Waals surface area contributed by atoms with Gasteiger partial charge in [0, 0.05) is 6.92 Å². The predicted octanol–water partition coefficient (Wildman–Crippen LogP) is 7.82. The van der Waals surface area contributed by atoms with Gasteiger partial charge in [0.15, 0.2) is 0 Å². The van der Waals surface area contributed by atoms with Crippen LogP contribution in [0.2, 0.25) is 0 Å². The summed E-state index contributed by atoms with van der Waals surface area (Å²) in [6, 6.07) is 0. The molecular formula is C29H48O2. The lowest BCUT2D eigenvalue weighted by Crippen LogP contribution is -2.53. The second-order valence-corrected chi connectivity index (χ2v) is 12.8. The molecule has 3 fully saturated rings. The molecule has 0 aliphatic heterocycles. The summed E-state index contributed by atoms with van der Waals surface area (Å²) in [7, 11) is 0. The lowest BCUT2D eigenvalue weighted by atomic mass is 9.45. The maximum absolute atomic E-state index is 11.5. The van der Waals surface area contributed by atoms with Crippen molar-refractivity contribution in [1.82, 2.24) is 0 Å². The molecule has 0 radical (unpaired) electrons. The van der Waals surface area contributed by atoms with Gasteiger partial charge in [-0.2, -0.15) is 0 Å². The number of rotatable bonds is 6. The molecule has 0 unspecified atom stereocenters. The molecule has 3 saturated carbocycles. The molecule has 0 saturated heterocycles. The summed E-state index contributed by atoms with van der Waals surface area (Å²) in [5.41, 5.74) is 0.877. The zero-order valence-corrected chi connectivity index (χ0v) is 21.2. The van der Waals surface area contributed by atoms with E-state index in [2.05, 4.69) is 46.8 Å². The molecule has 4 aliphatic carbocycles. The number of ether oxygens (including phenoxy) is 1. The summed E-state index contributed by atoms with van der Waals surface area (Å²) in [6.45, 7) is 14.1. The molecule has 4 rings (SSSR count).